The zero-order valence-corrected chi connectivity index (χ0v) is 14.3. The van der Waals surface area contributed by atoms with Gasteiger partial charge in [0.05, 0.1) is 17.1 Å². The second kappa shape index (κ2) is 5.82. The molecular formula is C19H27NO3. The van der Waals surface area contributed by atoms with Gasteiger partial charge < -0.3 is 14.7 Å². The molecule has 2 fully saturated rings. The summed E-state index contributed by atoms with van der Waals surface area (Å²) >= 11 is 0. The zero-order valence-electron chi connectivity index (χ0n) is 14.3. The minimum Gasteiger partial charge on any atom is -0.491 e. The van der Waals surface area contributed by atoms with Crippen molar-refractivity contribution in [3.05, 3.63) is 24.3 Å². The summed E-state index contributed by atoms with van der Waals surface area (Å²) in [6, 6.07) is 7.79. The van der Waals surface area contributed by atoms with Gasteiger partial charge in [0.15, 0.2) is 0 Å². The first kappa shape index (κ1) is 16.3. The van der Waals surface area contributed by atoms with Gasteiger partial charge in [-0.25, -0.2) is 0 Å². The van der Waals surface area contributed by atoms with Crippen LogP contribution in [0.4, 0.5) is 5.69 Å². The molecule has 23 heavy (non-hydrogen) atoms. The highest BCUT2D eigenvalue weighted by molar-refractivity contribution is 6.00. The number of aliphatic hydroxyl groups is 1. The molecular weight excluding hydrogens is 290 g/mol. The Kier molecular flexibility index (Phi) is 4.13. The molecule has 0 aromatic heterocycles. The van der Waals surface area contributed by atoms with E-state index < -0.39 is 5.60 Å². The Morgan fingerprint density at radius 2 is 1.70 bits per heavy atom. The summed E-state index contributed by atoms with van der Waals surface area (Å²) in [5.41, 5.74) is 0.0877. The number of benzene rings is 1. The van der Waals surface area contributed by atoms with E-state index in [1.165, 1.54) is 0 Å². The Bertz CT molecular complexity index is 567. The molecule has 1 N–H and O–H groups in total. The minimum absolute atomic E-state index is 0.146. The van der Waals surface area contributed by atoms with Crippen molar-refractivity contribution in [1.82, 2.24) is 0 Å². The summed E-state index contributed by atoms with van der Waals surface area (Å²) in [6.45, 7) is 6.65. The average molecular weight is 317 g/mol. The van der Waals surface area contributed by atoms with Crippen molar-refractivity contribution in [2.75, 3.05) is 11.4 Å². The van der Waals surface area contributed by atoms with Crippen molar-refractivity contribution < 1.29 is 14.6 Å². The summed E-state index contributed by atoms with van der Waals surface area (Å²) in [7, 11) is 0. The number of hydrogen-bond donors (Lipinski definition) is 1. The molecule has 126 valence electrons. The van der Waals surface area contributed by atoms with Crippen molar-refractivity contribution >= 4 is 11.6 Å². The van der Waals surface area contributed by atoms with Gasteiger partial charge in [0.1, 0.15) is 5.75 Å². The highest BCUT2D eigenvalue weighted by atomic mass is 16.5. The Hall–Kier alpha value is -1.55. The molecule has 4 nitrogen and oxygen atoms in total. The molecule has 1 aromatic carbocycles. The monoisotopic (exact) mass is 317 g/mol. The second-order valence-electron chi connectivity index (χ2n) is 7.64. The molecule has 0 atom stereocenters. The predicted octanol–water partition coefficient (Wildman–Crippen LogP) is 3.52. The van der Waals surface area contributed by atoms with E-state index in [0.29, 0.717) is 12.8 Å². The van der Waals surface area contributed by atoms with Gasteiger partial charge in [0, 0.05) is 12.2 Å². The topological polar surface area (TPSA) is 49.8 Å². The van der Waals surface area contributed by atoms with Gasteiger partial charge in [-0.2, -0.15) is 0 Å². The van der Waals surface area contributed by atoms with Crippen molar-refractivity contribution in [1.29, 1.82) is 0 Å². The summed E-state index contributed by atoms with van der Waals surface area (Å²) in [5, 5.41) is 10.2. The Morgan fingerprint density at radius 1 is 1.09 bits per heavy atom. The lowest BCUT2D eigenvalue weighted by Crippen LogP contribution is -2.42. The predicted molar refractivity (Wildman–Crippen MR) is 90.7 cm³/mol. The molecule has 1 aliphatic carbocycles. The number of ether oxygens (including phenoxy) is 1. The first-order valence-electron chi connectivity index (χ1n) is 8.62. The lowest BCUT2D eigenvalue weighted by Gasteiger charge is -2.38. The number of rotatable bonds is 3. The summed E-state index contributed by atoms with van der Waals surface area (Å²) in [5.74, 6) is 1.06. The molecule has 1 amide bonds. The summed E-state index contributed by atoms with van der Waals surface area (Å²) in [4.78, 5) is 14.9. The first-order chi connectivity index (χ1) is 10.8. The van der Waals surface area contributed by atoms with Gasteiger partial charge in [0.2, 0.25) is 5.91 Å². The van der Waals surface area contributed by atoms with Crippen molar-refractivity contribution in [3.8, 4) is 5.75 Å². The van der Waals surface area contributed by atoms with E-state index in [0.717, 1.165) is 37.2 Å². The second-order valence-corrected chi connectivity index (χ2v) is 7.64. The quantitative estimate of drug-likeness (QED) is 0.928. The summed E-state index contributed by atoms with van der Waals surface area (Å²) < 4.78 is 5.66. The van der Waals surface area contributed by atoms with Crippen LogP contribution in [0.5, 0.6) is 5.75 Å². The van der Waals surface area contributed by atoms with Crippen LogP contribution < -0.4 is 9.64 Å². The molecule has 1 heterocycles. The maximum atomic E-state index is 13.0. The number of hydrogen-bond acceptors (Lipinski definition) is 3. The molecule has 4 heteroatoms. The fourth-order valence-corrected chi connectivity index (χ4v) is 3.77. The lowest BCUT2D eigenvalue weighted by molar-refractivity contribution is -0.130. The van der Waals surface area contributed by atoms with Crippen LogP contribution in [-0.4, -0.2) is 29.3 Å². The van der Waals surface area contributed by atoms with E-state index in [-0.39, 0.29) is 17.4 Å². The highest BCUT2D eigenvalue weighted by Crippen LogP contribution is 2.48. The van der Waals surface area contributed by atoms with Crippen LogP contribution in [0.3, 0.4) is 0 Å². The molecule has 1 aliphatic heterocycles. The van der Waals surface area contributed by atoms with E-state index in [1.54, 1.807) is 0 Å². The van der Waals surface area contributed by atoms with Crippen molar-refractivity contribution in [3.63, 3.8) is 0 Å². The van der Waals surface area contributed by atoms with Crippen LogP contribution >= 0.6 is 0 Å². The standard InChI is InChI=1S/C19H27NO3/c1-14(2)23-16-6-4-15(5-7-16)20-13-12-19(17(20)21)10-8-18(3,22)9-11-19/h4-7,14,22H,8-13H2,1-3H3. The average Bonchev–Trinajstić information content (AvgIpc) is 2.81. The summed E-state index contributed by atoms with van der Waals surface area (Å²) in [6.07, 6.45) is 4.06. The van der Waals surface area contributed by atoms with Gasteiger partial charge in [-0.3, -0.25) is 4.79 Å². The first-order valence-corrected chi connectivity index (χ1v) is 8.62. The third kappa shape index (κ3) is 3.23. The maximum Gasteiger partial charge on any atom is 0.233 e. The fraction of sp³-hybridized carbons (Fsp3) is 0.632. The van der Waals surface area contributed by atoms with Crippen LogP contribution in [0.2, 0.25) is 0 Å². The maximum absolute atomic E-state index is 13.0. The number of anilines is 1. The van der Waals surface area contributed by atoms with Crippen LogP contribution in [-0.2, 0) is 4.79 Å². The third-order valence-electron chi connectivity index (χ3n) is 5.32. The SMILES string of the molecule is CC(C)Oc1ccc(N2CCC3(CCC(C)(O)CC3)C2=O)cc1. The van der Waals surface area contributed by atoms with Crippen molar-refractivity contribution in [2.24, 2.45) is 5.41 Å². The normalized spacial score (nSPS) is 31.2. The lowest BCUT2D eigenvalue weighted by atomic mass is 9.68. The smallest absolute Gasteiger partial charge is 0.233 e. The highest BCUT2D eigenvalue weighted by Gasteiger charge is 2.50. The van der Waals surface area contributed by atoms with Crippen LogP contribution in [0.15, 0.2) is 24.3 Å². The Labute approximate surface area is 138 Å². The molecule has 1 spiro atoms. The molecule has 1 saturated carbocycles. The van der Waals surface area contributed by atoms with E-state index in [4.69, 9.17) is 4.74 Å². The Morgan fingerprint density at radius 3 is 2.26 bits per heavy atom. The molecule has 1 aromatic rings. The van der Waals surface area contributed by atoms with Gasteiger partial charge in [-0.15, -0.1) is 0 Å². The van der Waals surface area contributed by atoms with Gasteiger partial charge >= 0.3 is 0 Å². The van der Waals surface area contributed by atoms with E-state index in [1.807, 2.05) is 49.9 Å². The molecule has 1 saturated heterocycles. The number of carbonyl (C=O) groups excluding carboxylic acids is 1. The Balaban J connectivity index is 1.72. The van der Waals surface area contributed by atoms with E-state index >= 15 is 0 Å². The van der Waals surface area contributed by atoms with Crippen molar-refractivity contribution in [2.45, 2.75) is 64.6 Å². The molecule has 2 aliphatic rings. The van der Waals surface area contributed by atoms with Gasteiger partial charge in [0.25, 0.3) is 0 Å². The number of nitrogens with zero attached hydrogens (tertiary/aromatic N) is 1. The van der Waals surface area contributed by atoms with Gasteiger partial charge in [-0.1, -0.05) is 0 Å². The van der Waals surface area contributed by atoms with Crippen LogP contribution in [0.25, 0.3) is 0 Å². The van der Waals surface area contributed by atoms with Crippen LogP contribution in [0, 0.1) is 5.41 Å². The number of amides is 1. The number of carbonyl (C=O) groups is 1. The zero-order chi connectivity index (χ0) is 16.7. The molecule has 0 unspecified atom stereocenters. The van der Waals surface area contributed by atoms with E-state index in [9.17, 15) is 9.90 Å². The largest absolute Gasteiger partial charge is 0.491 e. The molecule has 3 rings (SSSR count). The van der Waals surface area contributed by atoms with Gasteiger partial charge in [-0.05, 0) is 77.1 Å². The van der Waals surface area contributed by atoms with E-state index in [2.05, 4.69) is 0 Å². The fourth-order valence-electron chi connectivity index (χ4n) is 3.77. The van der Waals surface area contributed by atoms with Crippen LogP contribution in [0.1, 0.15) is 52.9 Å². The molecule has 0 bridgehead atoms. The third-order valence-corrected chi connectivity index (χ3v) is 5.32. The molecule has 0 radical (unpaired) electrons. The minimum atomic E-state index is -0.602.